The van der Waals surface area contributed by atoms with E-state index in [2.05, 4.69) is 27.8 Å². The molecule has 0 fully saturated rings. The third-order valence-electron chi connectivity index (χ3n) is 4.04. The summed E-state index contributed by atoms with van der Waals surface area (Å²) in [5.41, 5.74) is 2.34. The molecule has 2 aromatic carbocycles. The molecule has 0 heterocycles. The van der Waals surface area contributed by atoms with E-state index >= 15 is 0 Å². The molecule has 0 aliphatic rings. The van der Waals surface area contributed by atoms with E-state index in [-0.39, 0.29) is 6.10 Å². The first-order valence-electron chi connectivity index (χ1n) is 8.97. The van der Waals surface area contributed by atoms with Crippen molar-refractivity contribution < 1.29 is 14.2 Å². The molecule has 6 nitrogen and oxygen atoms in total. The van der Waals surface area contributed by atoms with Gasteiger partial charge in [-0.3, -0.25) is 4.99 Å². The highest BCUT2D eigenvalue weighted by Crippen LogP contribution is 2.26. The maximum absolute atomic E-state index is 5.96. The summed E-state index contributed by atoms with van der Waals surface area (Å²) in [7, 11) is 5.09. The van der Waals surface area contributed by atoms with Gasteiger partial charge in [0.1, 0.15) is 6.10 Å². The third kappa shape index (κ3) is 6.49. The molecular formula is C21H29N3O3. The lowest BCUT2D eigenvalue weighted by atomic mass is 10.1. The van der Waals surface area contributed by atoms with Gasteiger partial charge in [-0.05, 0) is 30.2 Å². The Bertz CT molecular complexity index is 734. The second-order valence-electron chi connectivity index (χ2n) is 6.09. The Kier molecular flexibility index (Phi) is 8.45. The number of para-hydroxylation sites is 2. The van der Waals surface area contributed by atoms with E-state index in [9.17, 15) is 0 Å². The van der Waals surface area contributed by atoms with E-state index < -0.39 is 0 Å². The van der Waals surface area contributed by atoms with Crippen LogP contribution < -0.4 is 20.1 Å². The van der Waals surface area contributed by atoms with Crippen LogP contribution in [0.1, 0.15) is 18.1 Å². The number of guanidine groups is 1. The predicted octanol–water partition coefficient (Wildman–Crippen LogP) is 2.97. The second-order valence-corrected chi connectivity index (χ2v) is 6.09. The summed E-state index contributed by atoms with van der Waals surface area (Å²) in [4.78, 5) is 4.27. The topological polar surface area (TPSA) is 64.1 Å². The van der Waals surface area contributed by atoms with Crippen molar-refractivity contribution >= 4 is 5.96 Å². The van der Waals surface area contributed by atoms with Crippen LogP contribution in [0.25, 0.3) is 0 Å². The van der Waals surface area contributed by atoms with Crippen LogP contribution in [0.5, 0.6) is 11.5 Å². The Morgan fingerprint density at radius 1 is 0.963 bits per heavy atom. The van der Waals surface area contributed by atoms with E-state index in [1.54, 1.807) is 21.3 Å². The van der Waals surface area contributed by atoms with Gasteiger partial charge in [0, 0.05) is 20.7 Å². The molecule has 0 aromatic heterocycles. The van der Waals surface area contributed by atoms with Crippen molar-refractivity contribution in [2.45, 2.75) is 26.2 Å². The van der Waals surface area contributed by atoms with Gasteiger partial charge in [-0.1, -0.05) is 36.4 Å². The van der Waals surface area contributed by atoms with Gasteiger partial charge in [0.15, 0.2) is 17.5 Å². The quantitative estimate of drug-likeness (QED) is 0.524. The number of rotatable bonds is 9. The number of aliphatic imine (C=N–C) groups is 1. The first-order valence-corrected chi connectivity index (χ1v) is 8.97. The fourth-order valence-electron chi connectivity index (χ4n) is 2.64. The zero-order chi connectivity index (χ0) is 19.5. The van der Waals surface area contributed by atoms with E-state index in [1.807, 2.05) is 43.3 Å². The first kappa shape index (κ1) is 20.6. The van der Waals surface area contributed by atoms with Crippen molar-refractivity contribution in [3.63, 3.8) is 0 Å². The van der Waals surface area contributed by atoms with Crippen LogP contribution in [-0.2, 0) is 17.9 Å². The number of hydrogen-bond donors (Lipinski definition) is 2. The second kappa shape index (κ2) is 11.1. The molecule has 2 rings (SSSR count). The van der Waals surface area contributed by atoms with Crippen molar-refractivity contribution in [1.82, 2.24) is 10.6 Å². The molecule has 2 N–H and O–H groups in total. The summed E-state index contributed by atoms with van der Waals surface area (Å²) in [6, 6.07) is 15.8. The molecule has 2 aromatic rings. The summed E-state index contributed by atoms with van der Waals surface area (Å²) in [6.07, 6.45) is -0.0550. The Morgan fingerprint density at radius 3 is 2.30 bits per heavy atom. The van der Waals surface area contributed by atoms with Crippen molar-refractivity contribution in [1.29, 1.82) is 0 Å². The molecule has 1 atom stereocenters. The lowest BCUT2D eigenvalue weighted by Gasteiger charge is -2.19. The van der Waals surface area contributed by atoms with Crippen molar-refractivity contribution in [2.75, 3.05) is 27.8 Å². The van der Waals surface area contributed by atoms with Crippen LogP contribution in [0.2, 0.25) is 0 Å². The molecule has 0 aliphatic carbocycles. The summed E-state index contributed by atoms with van der Waals surface area (Å²) < 4.78 is 16.5. The highest BCUT2D eigenvalue weighted by molar-refractivity contribution is 5.79. The summed E-state index contributed by atoms with van der Waals surface area (Å²) >= 11 is 0. The maximum Gasteiger partial charge on any atom is 0.191 e. The van der Waals surface area contributed by atoms with Crippen LogP contribution in [0.15, 0.2) is 53.5 Å². The van der Waals surface area contributed by atoms with Crippen LogP contribution in [-0.4, -0.2) is 39.9 Å². The number of hydrogen-bond acceptors (Lipinski definition) is 4. The zero-order valence-corrected chi connectivity index (χ0v) is 16.5. The van der Waals surface area contributed by atoms with Crippen molar-refractivity contribution in [2.24, 2.45) is 4.99 Å². The summed E-state index contributed by atoms with van der Waals surface area (Å²) in [5, 5.41) is 6.62. The molecule has 1 unspecified atom stereocenters. The molecule has 6 heteroatoms. The molecule has 0 radical (unpaired) electrons. The van der Waals surface area contributed by atoms with Crippen LogP contribution >= 0.6 is 0 Å². The van der Waals surface area contributed by atoms with Crippen LogP contribution in [0.4, 0.5) is 0 Å². The standard InChI is InChI=1S/C21H29N3O3/c1-16(27-20-12-8-7-11-19(20)26-4)13-23-21(22-2)24-14-17-9-5-6-10-18(17)15-25-3/h5-12,16H,13-15H2,1-4H3,(H2,22,23,24). The SMILES string of the molecule is CN=C(NCc1ccccc1COC)NCC(C)Oc1ccccc1OC. The van der Waals surface area contributed by atoms with Crippen LogP contribution in [0.3, 0.4) is 0 Å². The van der Waals surface area contributed by atoms with Gasteiger partial charge in [0.2, 0.25) is 0 Å². The molecule has 146 valence electrons. The van der Waals surface area contributed by atoms with E-state index in [4.69, 9.17) is 14.2 Å². The normalized spacial score (nSPS) is 12.4. The minimum atomic E-state index is -0.0550. The lowest BCUT2D eigenvalue weighted by molar-refractivity contribution is 0.184. The monoisotopic (exact) mass is 371 g/mol. The largest absolute Gasteiger partial charge is 0.493 e. The minimum Gasteiger partial charge on any atom is -0.493 e. The number of nitrogens with zero attached hydrogens (tertiary/aromatic N) is 1. The van der Waals surface area contributed by atoms with Gasteiger partial charge in [0.05, 0.1) is 20.3 Å². The zero-order valence-electron chi connectivity index (χ0n) is 16.5. The highest BCUT2D eigenvalue weighted by Gasteiger charge is 2.10. The summed E-state index contributed by atoms with van der Waals surface area (Å²) in [6.45, 7) is 3.87. The van der Waals surface area contributed by atoms with Gasteiger partial charge in [-0.25, -0.2) is 0 Å². The number of methoxy groups -OCH3 is 2. The van der Waals surface area contributed by atoms with Gasteiger partial charge in [-0.15, -0.1) is 0 Å². The molecule has 0 saturated heterocycles. The number of nitrogens with one attached hydrogen (secondary N) is 2. The van der Waals surface area contributed by atoms with E-state index in [0.29, 0.717) is 19.7 Å². The van der Waals surface area contributed by atoms with Gasteiger partial charge >= 0.3 is 0 Å². The Hall–Kier alpha value is -2.73. The average Bonchev–Trinajstić information content (AvgIpc) is 2.70. The lowest BCUT2D eigenvalue weighted by Crippen LogP contribution is -2.41. The average molecular weight is 371 g/mol. The molecule has 0 aliphatic heterocycles. The Morgan fingerprint density at radius 2 is 1.63 bits per heavy atom. The van der Waals surface area contributed by atoms with Crippen LogP contribution in [0, 0.1) is 0 Å². The minimum absolute atomic E-state index is 0.0550. The maximum atomic E-state index is 5.96. The smallest absolute Gasteiger partial charge is 0.191 e. The third-order valence-corrected chi connectivity index (χ3v) is 4.04. The number of ether oxygens (including phenoxy) is 3. The molecule has 0 bridgehead atoms. The van der Waals surface area contributed by atoms with E-state index in [1.165, 1.54) is 5.56 Å². The Balaban J connectivity index is 1.85. The molecule has 27 heavy (non-hydrogen) atoms. The number of benzene rings is 2. The van der Waals surface area contributed by atoms with Crippen molar-refractivity contribution in [3.05, 3.63) is 59.7 Å². The van der Waals surface area contributed by atoms with Crippen molar-refractivity contribution in [3.8, 4) is 11.5 Å². The fourth-order valence-corrected chi connectivity index (χ4v) is 2.64. The van der Waals surface area contributed by atoms with E-state index in [0.717, 1.165) is 23.0 Å². The Labute approximate surface area is 161 Å². The molecule has 0 spiro atoms. The summed E-state index contributed by atoms with van der Waals surface area (Å²) in [5.74, 6) is 2.17. The highest BCUT2D eigenvalue weighted by atomic mass is 16.5. The first-order chi connectivity index (χ1) is 13.2. The molecule has 0 amide bonds. The molecular weight excluding hydrogens is 342 g/mol. The van der Waals surface area contributed by atoms with Gasteiger partial charge in [0.25, 0.3) is 0 Å². The van der Waals surface area contributed by atoms with Gasteiger partial charge < -0.3 is 24.8 Å². The molecule has 0 saturated carbocycles. The fraction of sp³-hybridized carbons (Fsp3) is 0.381. The van der Waals surface area contributed by atoms with Gasteiger partial charge in [-0.2, -0.15) is 0 Å². The predicted molar refractivity (Wildman–Crippen MR) is 108 cm³/mol.